The molecular formula is C12H7BrClFN2O2. The van der Waals surface area contributed by atoms with E-state index in [1.165, 1.54) is 0 Å². The van der Waals surface area contributed by atoms with Gasteiger partial charge in [0.1, 0.15) is 17.2 Å². The number of rotatable bonds is 3. The van der Waals surface area contributed by atoms with Gasteiger partial charge in [0.15, 0.2) is 0 Å². The fourth-order valence-electron chi connectivity index (χ4n) is 1.41. The summed E-state index contributed by atoms with van der Waals surface area (Å²) < 4.78 is 13.7. The first-order valence-corrected chi connectivity index (χ1v) is 6.25. The smallest absolute Gasteiger partial charge is 0.339 e. The molecule has 19 heavy (non-hydrogen) atoms. The molecule has 0 atom stereocenters. The highest BCUT2D eigenvalue weighted by Gasteiger charge is 2.13. The van der Waals surface area contributed by atoms with Gasteiger partial charge < -0.3 is 10.4 Å². The van der Waals surface area contributed by atoms with Crippen molar-refractivity contribution in [2.75, 3.05) is 5.32 Å². The first-order valence-electron chi connectivity index (χ1n) is 5.08. The van der Waals surface area contributed by atoms with E-state index in [4.69, 9.17) is 16.7 Å². The standard InChI is InChI=1S/C12H7BrClFN2O2/c13-9-2-1-7(4-10(9)14)17-11-8(12(18)19)3-6(15)5-16-11/h1-5H,(H,16,17)(H,18,19). The van der Waals surface area contributed by atoms with Crippen molar-refractivity contribution in [3.05, 3.63) is 51.3 Å². The Balaban J connectivity index is 2.37. The number of aromatic carboxylic acids is 1. The molecule has 1 heterocycles. The van der Waals surface area contributed by atoms with Crippen molar-refractivity contribution in [3.63, 3.8) is 0 Å². The van der Waals surface area contributed by atoms with E-state index in [1.54, 1.807) is 18.2 Å². The molecule has 0 fully saturated rings. The first-order chi connectivity index (χ1) is 8.97. The minimum absolute atomic E-state index is 0.0484. The number of carboxylic acids is 1. The average molecular weight is 346 g/mol. The summed E-state index contributed by atoms with van der Waals surface area (Å²) in [6, 6.07) is 5.89. The molecule has 98 valence electrons. The van der Waals surface area contributed by atoms with Gasteiger partial charge in [-0.25, -0.2) is 14.2 Å². The second-order valence-corrected chi connectivity index (χ2v) is 4.87. The van der Waals surface area contributed by atoms with Gasteiger partial charge >= 0.3 is 5.97 Å². The summed E-state index contributed by atoms with van der Waals surface area (Å²) >= 11 is 9.17. The minimum Gasteiger partial charge on any atom is -0.478 e. The van der Waals surface area contributed by atoms with Crippen molar-refractivity contribution < 1.29 is 14.3 Å². The van der Waals surface area contributed by atoms with Crippen molar-refractivity contribution in [2.24, 2.45) is 0 Å². The molecule has 2 aromatic rings. The molecule has 0 aliphatic heterocycles. The third kappa shape index (κ3) is 3.21. The van der Waals surface area contributed by atoms with Crippen LogP contribution in [-0.4, -0.2) is 16.1 Å². The molecule has 1 aromatic carbocycles. The number of carbonyl (C=O) groups is 1. The topological polar surface area (TPSA) is 62.2 Å². The third-order valence-electron chi connectivity index (χ3n) is 2.27. The largest absolute Gasteiger partial charge is 0.478 e. The third-order valence-corrected chi connectivity index (χ3v) is 3.50. The van der Waals surface area contributed by atoms with Gasteiger partial charge in [0.2, 0.25) is 0 Å². The van der Waals surface area contributed by atoms with Crippen LogP contribution in [0.25, 0.3) is 0 Å². The van der Waals surface area contributed by atoms with Crippen LogP contribution < -0.4 is 5.32 Å². The quantitative estimate of drug-likeness (QED) is 0.880. The van der Waals surface area contributed by atoms with Gasteiger partial charge in [0, 0.05) is 10.2 Å². The zero-order chi connectivity index (χ0) is 14.0. The van der Waals surface area contributed by atoms with Crippen LogP contribution in [0.5, 0.6) is 0 Å². The van der Waals surface area contributed by atoms with Gasteiger partial charge in [0.25, 0.3) is 0 Å². The van der Waals surface area contributed by atoms with Gasteiger partial charge in [0.05, 0.1) is 11.2 Å². The minimum atomic E-state index is -1.27. The van der Waals surface area contributed by atoms with Gasteiger partial charge in [-0.15, -0.1) is 0 Å². The maximum atomic E-state index is 13.0. The van der Waals surface area contributed by atoms with Crippen molar-refractivity contribution in [3.8, 4) is 0 Å². The van der Waals surface area contributed by atoms with E-state index in [1.807, 2.05) is 0 Å². The number of nitrogens with one attached hydrogen (secondary N) is 1. The maximum absolute atomic E-state index is 13.0. The molecule has 2 N–H and O–H groups in total. The van der Waals surface area contributed by atoms with Gasteiger partial charge in [-0.05, 0) is 40.2 Å². The van der Waals surface area contributed by atoms with Crippen LogP contribution in [0.2, 0.25) is 5.02 Å². The monoisotopic (exact) mass is 344 g/mol. The average Bonchev–Trinajstić information content (AvgIpc) is 2.36. The number of hydrogen-bond donors (Lipinski definition) is 2. The molecule has 1 aromatic heterocycles. The Labute approximate surface area is 121 Å². The fraction of sp³-hybridized carbons (Fsp3) is 0. The first kappa shape index (κ1) is 13.8. The van der Waals surface area contributed by atoms with E-state index < -0.39 is 11.8 Å². The Hall–Kier alpha value is -1.66. The Morgan fingerprint density at radius 1 is 1.42 bits per heavy atom. The summed E-state index contributed by atoms with van der Waals surface area (Å²) in [6.07, 6.45) is 0.940. The summed E-state index contributed by atoms with van der Waals surface area (Å²) in [4.78, 5) is 14.7. The van der Waals surface area contributed by atoms with Crippen molar-refractivity contribution >= 4 is 45.0 Å². The molecule has 7 heteroatoms. The van der Waals surface area contributed by atoms with E-state index in [9.17, 15) is 9.18 Å². The molecule has 0 aliphatic carbocycles. The second-order valence-electron chi connectivity index (χ2n) is 3.61. The summed E-state index contributed by atoms with van der Waals surface area (Å²) in [5.74, 6) is -1.93. The number of anilines is 2. The van der Waals surface area contributed by atoms with Crippen LogP contribution in [0.4, 0.5) is 15.9 Å². The molecule has 0 spiro atoms. The second kappa shape index (κ2) is 5.54. The maximum Gasteiger partial charge on any atom is 0.339 e. The number of benzene rings is 1. The van der Waals surface area contributed by atoms with Crippen LogP contribution in [0, 0.1) is 5.82 Å². The Bertz CT molecular complexity index is 652. The van der Waals surface area contributed by atoms with Crippen LogP contribution in [0.3, 0.4) is 0 Å². The molecule has 0 saturated heterocycles. The van der Waals surface area contributed by atoms with Crippen molar-refractivity contribution in [2.45, 2.75) is 0 Å². The van der Waals surface area contributed by atoms with Gasteiger partial charge in [-0.3, -0.25) is 0 Å². The zero-order valence-electron chi connectivity index (χ0n) is 9.32. The Kier molecular flexibility index (Phi) is 4.01. The summed E-state index contributed by atoms with van der Waals surface area (Å²) in [5.41, 5.74) is 0.300. The summed E-state index contributed by atoms with van der Waals surface area (Å²) in [7, 11) is 0. The fourth-order valence-corrected chi connectivity index (χ4v) is 1.84. The molecule has 4 nitrogen and oxygen atoms in total. The summed E-state index contributed by atoms with van der Waals surface area (Å²) in [5, 5.41) is 12.2. The predicted octanol–water partition coefficient (Wildman–Crippen LogP) is 4.08. The van der Waals surface area contributed by atoms with Crippen molar-refractivity contribution in [1.82, 2.24) is 4.98 Å². The molecule has 2 rings (SSSR count). The predicted molar refractivity (Wildman–Crippen MR) is 73.6 cm³/mol. The SMILES string of the molecule is O=C(O)c1cc(F)cnc1Nc1ccc(Br)c(Cl)c1. The highest BCUT2D eigenvalue weighted by atomic mass is 79.9. The number of aromatic nitrogens is 1. The Morgan fingerprint density at radius 3 is 2.79 bits per heavy atom. The number of carboxylic acid groups (broad SMARTS) is 1. The van der Waals surface area contributed by atoms with E-state index >= 15 is 0 Å². The normalized spacial score (nSPS) is 10.3. The lowest BCUT2D eigenvalue weighted by Crippen LogP contribution is -2.05. The number of hydrogen-bond acceptors (Lipinski definition) is 3. The highest BCUT2D eigenvalue weighted by Crippen LogP contribution is 2.27. The van der Waals surface area contributed by atoms with E-state index in [-0.39, 0.29) is 11.4 Å². The molecule has 0 aliphatic rings. The number of halogens is 3. The molecule has 0 bridgehead atoms. The molecule has 0 saturated carbocycles. The summed E-state index contributed by atoms with van der Waals surface area (Å²) in [6.45, 7) is 0. The van der Waals surface area contributed by atoms with Crippen LogP contribution in [-0.2, 0) is 0 Å². The molecular weight excluding hydrogens is 338 g/mol. The number of nitrogens with zero attached hydrogens (tertiary/aromatic N) is 1. The lowest BCUT2D eigenvalue weighted by molar-refractivity contribution is 0.0697. The van der Waals surface area contributed by atoms with E-state index in [0.717, 1.165) is 12.3 Å². The van der Waals surface area contributed by atoms with Crippen LogP contribution in [0.1, 0.15) is 10.4 Å². The number of pyridine rings is 1. The van der Waals surface area contributed by atoms with Crippen LogP contribution in [0.15, 0.2) is 34.9 Å². The van der Waals surface area contributed by atoms with Crippen molar-refractivity contribution in [1.29, 1.82) is 0 Å². The highest BCUT2D eigenvalue weighted by molar-refractivity contribution is 9.10. The van der Waals surface area contributed by atoms with E-state index in [0.29, 0.717) is 15.2 Å². The molecule has 0 radical (unpaired) electrons. The van der Waals surface area contributed by atoms with Gasteiger partial charge in [-0.2, -0.15) is 0 Å². The molecule has 0 amide bonds. The van der Waals surface area contributed by atoms with Gasteiger partial charge in [-0.1, -0.05) is 11.6 Å². The van der Waals surface area contributed by atoms with Crippen LogP contribution >= 0.6 is 27.5 Å². The lowest BCUT2D eigenvalue weighted by Gasteiger charge is -2.09. The lowest BCUT2D eigenvalue weighted by atomic mass is 10.2. The Morgan fingerprint density at radius 2 is 2.16 bits per heavy atom. The molecule has 0 unspecified atom stereocenters. The zero-order valence-corrected chi connectivity index (χ0v) is 11.7. The van der Waals surface area contributed by atoms with E-state index in [2.05, 4.69) is 26.2 Å².